The number of nitrogens with zero attached hydrogens (tertiary/aromatic N) is 4. The molecule has 10 heteroatoms. The minimum Gasteiger partial charge on any atom is -0.478 e. The molecule has 0 amide bonds. The van der Waals surface area contributed by atoms with E-state index >= 15 is 0 Å². The number of halogens is 1. The predicted molar refractivity (Wildman–Crippen MR) is 156 cm³/mol. The molecule has 0 aliphatic carbocycles. The van der Waals surface area contributed by atoms with Crippen molar-refractivity contribution in [2.75, 3.05) is 30.3 Å². The fourth-order valence-corrected chi connectivity index (χ4v) is 5.07. The molecular weight excluding hydrogens is 546 g/mol. The van der Waals surface area contributed by atoms with Gasteiger partial charge in [0, 0.05) is 44.3 Å². The lowest BCUT2D eigenvalue weighted by molar-refractivity contribution is 0.0696. The highest BCUT2D eigenvalue weighted by Crippen LogP contribution is 2.37. The number of aromatic amines is 1. The molecule has 1 saturated heterocycles. The first-order valence-electron chi connectivity index (χ1n) is 12.8. The van der Waals surface area contributed by atoms with Crippen molar-refractivity contribution in [3.05, 3.63) is 70.7 Å². The number of aromatic carboxylic acids is 1. The second kappa shape index (κ2) is 12.0. The van der Waals surface area contributed by atoms with Crippen molar-refractivity contribution in [1.82, 2.24) is 25.1 Å². The zero-order chi connectivity index (χ0) is 27.3. The van der Waals surface area contributed by atoms with Crippen molar-refractivity contribution in [3.63, 3.8) is 0 Å². The molecule has 3 aromatic heterocycles. The number of nitrogens with two attached hydrogens (primary N) is 1. The number of carboxylic acid groups (broad SMARTS) is 1. The smallest absolute Gasteiger partial charge is 0.338 e. The molecule has 1 aliphatic rings. The third kappa shape index (κ3) is 7.14. The molecule has 202 valence electrons. The van der Waals surface area contributed by atoms with Gasteiger partial charge in [0.25, 0.3) is 0 Å². The number of nitrogens with one attached hydrogen (secondary N) is 2. The van der Waals surface area contributed by atoms with Crippen LogP contribution in [0.3, 0.4) is 0 Å². The molecule has 5 N–H and O–H groups in total. The molecular formula is C28H36BrN7O2. The Morgan fingerprint density at radius 2 is 2.03 bits per heavy atom. The lowest BCUT2D eigenvalue weighted by atomic mass is 9.95. The first kappa shape index (κ1) is 27.7. The summed E-state index contributed by atoms with van der Waals surface area (Å²) in [7, 11) is 0. The molecule has 1 fully saturated rings. The fourth-order valence-electron chi connectivity index (χ4n) is 4.52. The van der Waals surface area contributed by atoms with Gasteiger partial charge < -0.3 is 26.0 Å². The van der Waals surface area contributed by atoms with Crippen LogP contribution in [-0.2, 0) is 6.54 Å². The van der Waals surface area contributed by atoms with Crippen LogP contribution in [0.15, 0.2) is 59.6 Å². The van der Waals surface area contributed by atoms with Gasteiger partial charge >= 0.3 is 5.97 Å². The van der Waals surface area contributed by atoms with Crippen LogP contribution in [0.4, 0.5) is 11.4 Å². The molecule has 0 unspecified atom stereocenters. The molecule has 0 bridgehead atoms. The second-order valence-electron chi connectivity index (χ2n) is 10.9. The fraction of sp³-hybridized carbons (Fsp3) is 0.393. The number of pyridine rings is 1. The van der Waals surface area contributed by atoms with E-state index in [2.05, 4.69) is 62.0 Å². The largest absolute Gasteiger partial charge is 0.478 e. The van der Waals surface area contributed by atoms with Crippen molar-refractivity contribution in [2.45, 2.75) is 46.2 Å². The van der Waals surface area contributed by atoms with E-state index in [0.717, 1.165) is 52.1 Å². The Labute approximate surface area is 231 Å². The SMILES string of the molecule is CC(C)(C)CN[C@@H]1CCCN(c2c(Br)cnc3[nH]cc(N)c23)C1.O=C(O)c1cnn(Cc2ccccc2)c1. The van der Waals surface area contributed by atoms with Crippen molar-refractivity contribution in [2.24, 2.45) is 5.41 Å². The van der Waals surface area contributed by atoms with E-state index in [1.165, 1.54) is 25.2 Å². The average Bonchev–Trinajstić information content (AvgIpc) is 3.51. The van der Waals surface area contributed by atoms with Gasteiger partial charge in [-0.2, -0.15) is 5.10 Å². The van der Waals surface area contributed by atoms with E-state index in [0.29, 0.717) is 18.0 Å². The highest BCUT2D eigenvalue weighted by atomic mass is 79.9. The average molecular weight is 583 g/mol. The Bertz CT molecular complexity index is 1360. The van der Waals surface area contributed by atoms with E-state index in [9.17, 15) is 4.79 Å². The van der Waals surface area contributed by atoms with Gasteiger partial charge in [-0.1, -0.05) is 51.1 Å². The lowest BCUT2D eigenvalue weighted by Crippen LogP contribution is -2.48. The Kier molecular flexibility index (Phi) is 8.73. The van der Waals surface area contributed by atoms with Crippen LogP contribution in [0.25, 0.3) is 11.0 Å². The van der Waals surface area contributed by atoms with Gasteiger partial charge in [0.2, 0.25) is 0 Å². The number of anilines is 2. The molecule has 4 aromatic rings. The van der Waals surface area contributed by atoms with E-state index in [1.54, 1.807) is 4.68 Å². The summed E-state index contributed by atoms with van der Waals surface area (Å²) >= 11 is 3.67. The number of fused-ring (bicyclic) bond motifs is 1. The van der Waals surface area contributed by atoms with Gasteiger partial charge in [0.15, 0.2) is 0 Å². The van der Waals surface area contributed by atoms with Crippen LogP contribution >= 0.6 is 15.9 Å². The standard InChI is InChI=1S/C17H26BrN5.C11H10N2O2/c1-17(2,3)10-22-11-5-4-6-23(9-11)15-12(18)7-20-16-14(15)13(19)8-21-16;14-11(15)10-6-12-13(8-10)7-9-4-2-1-3-5-9/h7-8,11,22H,4-6,9-10,19H2,1-3H3,(H,20,21);1-6,8H,7H2,(H,14,15)/t11-;/m1./s1. The van der Waals surface area contributed by atoms with E-state index in [4.69, 9.17) is 10.8 Å². The molecule has 0 saturated carbocycles. The van der Waals surface area contributed by atoms with Gasteiger partial charge in [-0.15, -0.1) is 0 Å². The monoisotopic (exact) mass is 581 g/mol. The number of hydrogen-bond donors (Lipinski definition) is 4. The van der Waals surface area contributed by atoms with Crippen LogP contribution in [-0.4, -0.2) is 56.5 Å². The van der Waals surface area contributed by atoms with Crippen LogP contribution < -0.4 is 16.0 Å². The van der Waals surface area contributed by atoms with Crippen molar-refractivity contribution >= 4 is 44.3 Å². The molecule has 38 heavy (non-hydrogen) atoms. The Morgan fingerprint density at radius 1 is 1.26 bits per heavy atom. The molecule has 0 radical (unpaired) electrons. The number of benzene rings is 1. The van der Waals surface area contributed by atoms with Crippen molar-refractivity contribution in [1.29, 1.82) is 0 Å². The summed E-state index contributed by atoms with van der Waals surface area (Å²) in [4.78, 5) is 20.6. The van der Waals surface area contributed by atoms with E-state index in [-0.39, 0.29) is 5.56 Å². The Hall–Kier alpha value is -3.37. The maximum Gasteiger partial charge on any atom is 0.338 e. The minimum absolute atomic E-state index is 0.214. The normalized spacial score (nSPS) is 15.8. The number of carbonyl (C=O) groups is 1. The Morgan fingerprint density at radius 3 is 2.71 bits per heavy atom. The summed E-state index contributed by atoms with van der Waals surface area (Å²) < 4.78 is 2.62. The third-order valence-electron chi connectivity index (χ3n) is 6.39. The lowest BCUT2D eigenvalue weighted by Gasteiger charge is -2.37. The van der Waals surface area contributed by atoms with Crippen molar-refractivity contribution in [3.8, 4) is 0 Å². The quantitative estimate of drug-likeness (QED) is 0.248. The molecule has 1 aromatic carbocycles. The number of aromatic nitrogens is 4. The van der Waals surface area contributed by atoms with Gasteiger partial charge in [-0.05, 0) is 39.8 Å². The highest BCUT2D eigenvalue weighted by Gasteiger charge is 2.25. The van der Waals surface area contributed by atoms with Gasteiger partial charge in [0.1, 0.15) is 5.65 Å². The zero-order valence-corrected chi connectivity index (χ0v) is 23.7. The molecule has 5 rings (SSSR count). The van der Waals surface area contributed by atoms with Gasteiger partial charge in [0.05, 0.1) is 39.5 Å². The number of H-pyrrole nitrogens is 1. The summed E-state index contributed by atoms with van der Waals surface area (Å²) in [5, 5.41) is 17.4. The summed E-state index contributed by atoms with van der Waals surface area (Å²) in [6, 6.07) is 10.3. The summed E-state index contributed by atoms with van der Waals surface area (Å²) in [6.45, 7) is 10.5. The van der Waals surface area contributed by atoms with Crippen LogP contribution in [0.1, 0.15) is 49.5 Å². The zero-order valence-electron chi connectivity index (χ0n) is 22.1. The van der Waals surface area contributed by atoms with Gasteiger partial charge in [-0.3, -0.25) is 4.68 Å². The second-order valence-corrected chi connectivity index (χ2v) is 11.7. The number of carboxylic acids is 1. The maximum atomic E-state index is 10.6. The number of hydrogen-bond acceptors (Lipinski definition) is 6. The Balaban J connectivity index is 0.000000194. The van der Waals surface area contributed by atoms with Gasteiger partial charge in [-0.25, -0.2) is 9.78 Å². The molecule has 1 atom stereocenters. The number of piperidine rings is 1. The van der Waals surface area contributed by atoms with E-state index < -0.39 is 5.97 Å². The first-order chi connectivity index (χ1) is 18.1. The minimum atomic E-state index is -0.950. The van der Waals surface area contributed by atoms with Crippen molar-refractivity contribution < 1.29 is 9.90 Å². The predicted octanol–water partition coefficient (Wildman–Crippen LogP) is 5.14. The first-order valence-corrected chi connectivity index (χ1v) is 13.6. The summed E-state index contributed by atoms with van der Waals surface area (Å²) in [6.07, 6.45) is 8.97. The third-order valence-corrected chi connectivity index (χ3v) is 6.97. The topological polar surface area (TPSA) is 125 Å². The molecule has 4 heterocycles. The summed E-state index contributed by atoms with van der Waals surface area (Å²) in [5.74, 6) is -0.950. The number of rotatable bonds is 6. The van der Waals surface area contributed by atoms with E-state index in [1.807, 2.05) is 42.7 Å². The number of nitrogen functional groups attached to an aromatic ring is 1. The molecule has 0 spiro atoms. The maximum absolute atomic E-state index is 10.6. The molecule has 9 nitrogen and oxygen atoms in total. The highest BCUT2D eigenvalue weighted by molar-refractivity contribution is 9.10. The molecule has 1 aliphatic heterocycles. The van der Waals surface area contributed by atoms with Crippen LogP contribution in [0.2, 0.25) is 0 Å². The summed E-state index contributed by atoms with van der Waals surface area (Å²) in [5.41, 5.74) is 10.6. The van der Waals surface area contributed by atoms with Crippen LogP contribution in [0.5, 0.6) is 0 Å². The van der Waals surface area contributed by atoms with Crippen LogP contribution in [0, 0.1) is 5.41 Å².